The molecule has 0 saturated heterocycles. The molecule has 0 saturated carbocycles. The number of aromatic nitrogens is 2. The molecule has 0 amide bonds. The second kappa shape index (κ2) is 11.0. The molecule has 0 fully saturated rings. The first-order valence-electron chi connectivity index (χ1n) is 12.3. The lowest BCUT2D eigenvalue weighted by Crippen LogP contribution is -2.36. The van der Waals surface area contributed by atoms with Gasteiger partial charge in [-0.25, -0.2) is 4.98 Å². The Morgan fingerprint density at radius 2 is 1.83 bits per heavy atom. The molecule has 3 aromatic rings. The normalized spacial score (nSPS) is 12.1. The first-order valence-corrected chi connectivity index (χ1v) is 13.1. The fraction of sp³-hybridized carbons (Fsp3) is 0.500. The predicted octanol–water partition coefficient (Wildman–Crippen LogP) is 7.88. The van der Waals surface area contributed by atoms with Crippen LogP contribution in [0, 0.1) is 5.41 Å². The van der Waals surface area contributed by atoms with Crippen molar-refractivity contribution in [2.45, 2.75) is 79.2 Å². The van der Waals surface area contributed by atoms with Crippen molar-refractivity contribution in [1.82, 2.24) is 9.38 Å². The van der Waals surface area contributed by atoms with Gasteiger partial charge in [0.05, 0.1) is 7.11 Å². The lowest BCUT2D eigenvalue weighted by molar-refractivity contribution is -0.134. The molecule has 2 aromatic heterocycles. The number of ether oxygens (including phenoxy) is 2. The fourth-order valence-corrected chi connectivity index (χ4v) is 4.96. The van der Waals surface area contributed by atoms with Gasteiger partial charge in [-0.1, -0.05) is 40.5 Å². The highest BCUT2D eigenvalue weighted by Gasteiger charge is 2.28. The summed E-state index contributed by atoms with van der Waals surface area (Å²) in [5.41, 5.74) is 2.50. The number of rotatable bonds is 10. The summed E-state index contributed by atoms with van der Waals surface area (Å²) in [6, 6.07) is 9.57. The van der Waals surface area contributed by atoms with Crippen molar-refractivity contribution in [3.63, 3.8) is 0 Å². The monoisotopic (exact) mass is 543 g/mol. The Morgan fingerprint density at radius 3 is 2.49 bits per heavy atom. The predicted molar refractivity (Wildman–Crippen MR) is 146 cm³/mol. The Bertz CT molecular complexity index is 1180. The van der Waals surface area contributed by atoms with Gasteiger partial charge in [0.25, 0.3) is 0 Å². The molecule has 0 aliphatic heterocycles. The molecule has 6 nitrogen and oxygen atoms in total. The molecular weight excluding hydrogens is 506 g/mol. The van der Waals surface area contributed by atoms with Gasteiger partial charge in [-0.3, -0.25) is 9.20 Å². The summed E-state index contributed by atoms with van der Waals surface area (Å²) >= 11 is 3.59. The lowest BCUT2D eigenvalue weighted by atomic mass is 9.82. The molecule has 3 rings (SSSR count). The number of fused-ring (bicyclic) bond motifs is 1. The highest BCUT2D eigenvalue weighted by atomic mass is 79.9. The third-order valence-electron chi connectivity index (χ3n) is 5.66. The molecule has 7 heteroatoms. The Labute approximate surface area is 217 Å². The van der Waals surface area contributed by atoms with Gasteiger partial charge in [-0.2, -0.15) is 0 Å². The number of methoxy groups -OCH3 is 1. The second-order valence-corrected chi connectivity index (χ2v) is 11.8. The molecular formula is C28H38BrN3O3. The van der Waals surface area contributed by atoms with Crippen molar-refractivity contribution in [3.8, 4) is 22.8 Å². The minimum absolute atomic E-state index is 0.156. The van der Waals surface area contributed by atoms with E-state index in [1.165, 1.54) is 0 Å². The lowest BCUT2D eigenvalue weighted by Gasteiger charge is -2.34. The molecule has 2 heterocycles. The zero-order chi connectivity index (χ0) is 25.8. The molecule has 0 atom stereocenters. The first-order chi connectivity index (χ1) is 16.4. The number of carbonyl (C=O) groups is 1. The number of hydrogen-bond donors (Lipinski definition) is 1. The van der Waals surface area contributed by atoms with E-state index in [2.05, 4.69) is 67.2 Å². The number of nitrogens with zero attached hydrogens (tertiary/aromatic N) is 2. The van der Waals surface area contributed by atoms with Crippen LogP contribution in [0.1, 0.15) is 73.6 Å². The van der Waals surface area contributed by atoms with E-state index >= 15 is 0 Å². The second-order valence-electron chi connectivity index (χ2n) is 10.9. The van der Waals surface area contributed by atoms with Crippen LogP contribution in [0.3, 0.4) is 0 Å². The van der Waals surface area contributed by atoms with Crippen molar-refractivity contribution in [2.24, 2.45) is 5.41 Å². The van der Waals surface area contributed by atoms with Crippen LogP contribution in [0.5, 0.6) is 11.5 Å². The zero-order valence-corrected chi connectivity index (χ0v) is 23.6. The van der Waals surface area contributed by atoms with Gasteiger partial charge in [0.15, 0.2) is 11.5 Å². The van der Waals surface area contributed by atoms with E-state index in [4.69, 9.17) is 14.5 Å². The first kappa shape index (κ1) is 27.1. The van der Waals surface area contributed by atoms with E-state index in [1.54, 1.807) is 13.2 Å². The Balaban J connectivity index is 2.01. The maximum absolute atomic E-state index is 12.3. The van der Waals surface area contributed by atoms with Gasteiger partial charge >= 0.3 is 5.97 Å². The zero-order valence-electron chi connectivity index (χ0n) is 22.0. The summed E-state index contributed by atoms with van der Waals surface area (Å²) in [5.74, 6) is 1.59. The van der Waals surface area contributed by atoms with E-state index in [1.807, 2.05) is 30.5 Å². The number of benzene rings is 1. The van der Waals surface area contributed by atoms with E-state index in [9.17, 15) is 4.79 Å². The Kier molecular flexibility index (Phi) is 8.52. The van der Waals surface area contributed by atoms with Gasteiger partial charge in [0.1, 0.15) is 17.2 Å². The minimum atomic E-state index is -0.242. The van der Waals surface area contributed by atoms with Crippen LogP contribution in [-0.4, -0.2) is 28.0 Å². The number of imidazole rings is 1. The molecule has 0 bridgehead atoms. The quantitative estimate of drug-likeness (QED) is 0.160. The van der Waals surface area contributed by atoms with Crippen molar-refractivity contribution < 1.29 is 14.3 Å². The molecule has 0 radical (unpaired) electrons. The SMILES string of the molecule is CCCCCC(=O)Oc1ccc(-c2nc3ccc(Br)cn3c2NC(C)(C)CC(C)(C)C)cc1OC. The minimum Gasteiger partial charge on any atom is -0.493 e. The summed E-state index contributed by atoms with van der Waals surface area (Å²) in [4.78, 5) is 17.2. The number of halogens is 1. The van der Waals surface area contributed by atoms with Crippen molar-refractivity contribution >= 4 is 33.4 Å². The maximum atomic E-state index is 12.3. The largest absolute Gasteiger partial charge is 0.493 e. The fourth-order valence-electron chi connectivity index (χ4n) is 4.62. The average Bonchev–Trinajstić information content (AvgIpc) is 3.09. The molecule has 35 heavy (non-hydrogen) atoms. The number of hydrogen-bond acceptors (Lipinski definition) is 5. The number of pyridine rings is 1. The summed E-state index contributed by atoms with van der Waals surface area (Å²) < 4.78 is 14.2. The van der Waals surface area contributed by atoms with E-state index < -0.39 is 0 Å². The maximum Gasteiger partial charge on any atom is 0.311 e. The number of anilines is 1. The summed E-state index contributed by atoms with van der Waals surface area (Å²) in [6.45, 7) is 13.3. The van der Waals surface area contributed by atoms with Gasteiger partial charge in [0.2, 0.25) is 0 Å². The molecule has 1 aromatic carbocycles. The van der Waals surface area contributed by atoms with Gasteiger partial charge in [-0.15, -0.1) is 0 Å². The van der Waals surface area contributed by atoms with Crippen LogP contribution in [0.4, 0.5) is 5.82 Å². The summed E-state index contributed by atoms with van der Waals surface area (Å²) in [6.07, 6.45) is 6.28. The number of carbonyl (C=O) groups excluding carboxylic acids is 1. The molecule has 0 unspecified atom stereocenters. The van der Waals surface area contributed by atoms with Crippen LogP contribution in [0.2, 0.25) is 0 Å². The summed E-state index contributed by atoms with van der Waals surface area (Å²) in [7, 11) is 1.58. The highest BCUT2D eigenvalue weighted by molar-refractivity contribution is 9.10. The number of unbranched alkanes of at least 4 members (excludes halogenated alkanes) is 2. The van der Waals surface area contributed by atoms with E-state index in [-0.39, 0.29) is 16.9 Å². The molecule has 0 spiro atoms. The van der Waals surface area contributed by atoms with Crippen LogP contribution in [0.15, 0.2) is 41.0 Å². The van der Waals surface area contributed by atoms with Crippen LogP contribution >= 0.6 is 15.9 Å². The molecule has 190 valence electrons. The molecule has 0 aliphatic rings. The van der Waals surface area contributed by atoms with E-state index in [0.29, 0.717) is 17.9 Å². The third kappa shape index (κ3) is 7.23. The Morgan fingerprint density at radius 1 is 1.09 bits per heavy atom. The third-order valence-corrected chi connectivity index (χ3v) is 6.13. The summed E-state index contributed by atoms with van der Waals surface area (Å²) in [5, 5.41) is 3.76. The van der Waals surface area contributed by atoms with Crippen LogP contribution in [-0.2, 0) is 4.79 Å². The number of esters is 1. The molecule has 0 aliphatic carbocycles. The van der Waals surface area contributed by atoms with Gasteiger partial charge in [-0.05, 0) is 78.4 Å². The van der Waals surface area contributed by atoms with Gasteiger partial charge < -0.3 is 14.8 Å². The Hall–Kier alpha value is -2.54. The van der Waals surface area contributed by atoms with Crippen LogP contribution < -0.4 is 14.8 Å². The van der Waals surface area contributed by atoms with E-state index in [0.717, 1.165) is 52.9 Å². The molecule has 1 N–H and O–H groups in total. The topological polar surface area (TPSA) is 64.9 Å². The van der Waals surface area contributed by atoms with Crippen molar-refractivity contribution in [2.75, 3.05) is 12.4 Å². The van der Waals surface area contributed by atoms with Crippen LogP contribution in [0.25, 0.3) is 16.9 Å². The average molecular weight is 545 g/mol. The number of nitrogens with one attached hydrogen (secondary N) is 1. The standard InChI is InChI=1S/C28H38BrN3O3/c1-8-9-10-11-24(33)35-21-14-12-19(16-22(21)34-7)25-26(31-28(5,6)18-27(2,3)4)32-17-20(29)13-15-23(32)30-25/h12-17,31H,8-11,18H2,1-7H3. The van der Waals surface area contributed by atoms with Crippen molar-refractivity contribution in [3.05, 3.63) is 41.0 Å². The van der Waals surface area contributed by atoms with Crippen molar-refractivity contribution in [1.29, 1.82) is 0 Å². The highest BCUT2D eigenvalue weighted by Crippen LogP contribution is 2.38. The van der Waals surface area contributed by atoms with Gasteiger partial charge in [0, 0.05) is 28.2 Å². The smallest absolute Gasteiger partial charge is 0.311 e.